The quantitative estimate of drug-likeness (QED) is 0.304. The molecule has 0 bridgehead atoms. The maximum absolute atomic E-state index is 11.9. The molecule has 2 aromatic carbocycles. The fraction of sp³-hybridized carbons (Fsp3) is 0.176. The molecular weight excluding hydrogens is 502 g/mol. The van der Waals surface area contributed by atoms with Gasteiger partial charge in [-0.05, 0) is 62.9 Å². The number of nitrogens with zero attached hydrogens (tertiary/aromatic N) is 2. The van der Waals surface area contributed by atoms with Gasteiger partial charge in [0.25, 0.3) is 5.91 Å². The number of halogens is 2. The summed E-state index contributed by atoms with van der Waals surface area (Å²) in [6.45, 7) is 2.85. The van der Waals surface area contributed by atoms with Crippen LogP contribution in [0, 0.1) is 24.0 Å². The van der Waals surface area contributed by atoms with E-state index in [1.54, 1.807) is 19.9 Å². The van der Waals surface area contributed by atoms with Crippen LogP contribution < -0.4 is 10.2 Å². The van der Waals surface area contributed by atoms with Gasteiger partial charge in [0.05, 0.1) is 15.6 Å². The number of hydrogen-bond donors (Lipinski definition) is 3. The summed E-state index contributed by atoms with van der Waals surface area (Å²) < 4.78 is 5.63. The van der Waals surface area contributed by atoms with Gasteiger partial charge < -0.3 is 14.9 Å². The monoisotopic (exact) mass is 515 g/mol. The molecular formula is C17H15Br2N3O6. The number of amides is 1. The van der Waals surface area contributed by atoms with E-state index in [2.05, 4.69) is 42.4 Å². The number of nitro benzene ring substituents is 1. The summed E-state index contributed by atoms with van der Waals surface area (Å²) in [6, 6.07) is 4.39. The van der Waals surface area contributed by atoms with Gasteiger partial charge in [-0.2, -0.15) is 5.10 Å². The lowest BCUT2D eigenvalue weighted by Gasteiger charge is -2.11. The van der Waals surface area contributed by atoms with Crippen LogP contribution in [0.3, 0.4) is 0 Å². The molecule has 0 aliphatic rings. The number of aromatic hydroxyl groups is 2. The standard InChI is InChI=1S/C17H15Br2N3O6/c1-8-3-4-12(11(5-8)22(26)27)28-7-13(23)21-20-6-10-9(2)14(18)17(25)15(19)16(10)24/h3-6,24-25H,7H2,1-2H3,(H,21,23). The van der Waals surface area contributed by atoms with Gasteiger partial charge >= 0.3 is 5.69 Å². The largest absolute Gasteiger partial charge is 0.506 e. The van der Waals surface area contributed by atoms with E-state index >= 15 is 0 Å². The molecule has 11 heteroatoms. The number of phenolic OH excluding ortho intramolecular Hbond substituents is 2. The Morgan fingerprint density at radius 1 is 1.29 bits per heavy atom. The van der Waals surface area contributed by atoms with Crippen molar-refractivity contribution in [2.24, 2.45) is 5.10 Å². The molecule has 0 heterocycles. The van der Waals surface area contributed by atoms with Gasteiger partial charge in [0, 0.05) is 11.6 Å². The second-order valence-electron chi connectivity index (χ2n) is 5.67. The molecule has 3 N–H and O–H groups in total. The number of nitrogens with one attached hydrogen (secondary N) is 1. The van der Waals surface area contributed by atoms with Crippen molar-refractivity contribution in [1.82, 2.24) is 5.43 Å². The number of hydrogen-bond acceptors (Lipinski definition) is 7. The van der Waals surface area contributed by atoms with Crippen molar-refractivity contribution in [3.63, 3.8) is 0 Å². The number of carbonyl (C=O) groups excluding carboxylic acids is 1. The Kier molecular flexibility index (Phi) is 6.97. The number of benzene rings is 2. The molecule has 1 amide bonds. The molecule has 0 saturated heterocycles. The molecule has 0 aliphatic heterocycles. The van der Waals surface area contributed by atoms with E-state index < -0.39 is 17.4 Å². The van der Waals surface area contributed by atoms with Gasteiger partial charge in [-0.15, -0.1) is 0 Å². The lowest BCUT2D eigenvalue weighted by Crippen LogP contribution is -2.24. The van der Waals surface area contributed by atoms with Crippen LogP contribution in [-0.2, 0) is 4.79 Å². The van der Waals surface area contributed by atoms with E-state index in [9.17, 15) is 25.1 Å². The Morgan fingerprint density at radius 2 is 1.96 bits per heavy atom. The summed E-state index contributed by atoms with van der Waals surface area (Å²) in [5.41, 5.74) is 3.42. The Bertz CT molecular complexity index is 949. The molecule has 0 saturated carbocycles. The first-order chi connectivity index (χ1) is 13.1. The molecule has 0 aliphatic carbocycles. The van der Waals surface area contributed by atoms with E-state index in [1.165, 1.54) is 18.3 Å². The Hall–Kier alpha value is -2.66. The topological polar surface area (TPSA) is 134 Å². The van der Waals surface area contributed by atoms with Gasteiger partial charge in [-0.1, -0.05) is 6.07 Å². The van der Waals surface area contributed by atoms with Gasteiger partial charge in [-0.25, -0.2) is 5.43 Å². The normalized spacial score (nSPS) is 10.9. The lowest BCUT2D eigenvalue weighted by atomic mass is 10.1. The zero-order chi connectivity index (χ0) is 21.0. The van der Waals surface area contributed by atoms with Crippen LogP contribution in [-0.4, -0.2) is 33.9 Å². The third-order valence-electron chi connectivity index (χ3n) is 3.66. The molecule has 0 spiro atoms. The number of hydrazone groups is 1. The maximum Gasteiger partial charge on any atom is 0.311 e. The van der Waals surface area contributed by atoms with E-state index in [1.807, 2.05) is 0 Å². The van der Waals surface area contributed by atoms with Gasteiger partial charge in [0.1, 0.15) is 16.0 Å². The maximum atomic E-state index is 11.9. The lowest BCUT2D eigenvalue weighted by molar-refractivity contribution is -0.385. The second kappa shape index (κ2) is 9.02. The highest BCUT2D eigenvalue weighted by molar-refractivity contribution is 9.11. The number of nitro groups is 1. The highest BCUT2D eigenvalue weighted by Crippen LogP contribution is 2.43. The third-order valence-corrected chi connectivity index (χ3v) is 5.39. The molecule has 0 aromatic heterocycles. The van der Waals surface area contributed by atoms with Crippen molar-refractivity contribution >= 4 is 49.7 Å². The minimum Gasteiger partial charge on any atom is -0.506 e. The van der Waals surface area contributed by atoms with Crippen molar-refractivity contribution in [2.75, 3.05) is 6.61 Å². The molecule has 9 nitrogen and oxygen atoms in total. The van der Waals surface area contributed by atoms with Crippen LogP contribution in [0.5, 0.6) is 17.2 Å². The summed E-state index contributed by atoms with van der Waals surface area (Å²) in [5.74, 6) is -1.10. The van der Waals surface area contributed by atoms with Crippen LogP contribution in [0.25, 0.3) is 0 Å². The Balaban J connectivity index is 2.06. The van der Waals surface area contributed by atoms with E-state index in [0.29, 0.717) is 15.6 Å². The Morgan fingerprint density at radius 3 is 2.61 bits per heavy atom. The van der Waals surface area contributed by atoms with Crippen molar-refractivity contribution in [3.8, 4) is 17.2 Å². The van der Waals surface area contributed by atoms with E-state index in [-0.39, 0.29) is 33.0 Å². The van der Waals surface area contributed by atoms with E-state index in [4.69, 9.17) is 4.74 Å². The fourth-order valence-electron chi connectivity index (χ4n) is 2.19. The van der Waals surface area contributed by atoms with Crippen LogP contribution in [0.2, 0.25) is 0 Å². The predicted octanol–water partition coefficient (Wildman–Crippen LogP) is 3.68. The minimum atomic E-state index is -0.653. The summed E-state index contributed by atoms with van der Waals surface area (Å²) in [7, 11) is 0. The zero-order valence-corrected chi connectivity index (χ0v) is 17.9. The molecule has 2 rings (SSSR count). The minimum absolute atomic E-state index is 0.0328. The van der Waals surface area contributed by atoms with Crippen LogP contribution in [0.15, 0.2) is 32.2 Å². The highest BCUT2D eigenvalue weighted by Gasteiger charge is 2.18. The first-order valence-corrected chi connectivity index (χ1v) is 9.31. The first-order valence-electron chi connectivity index (χ1n) is 7.72. The molecule has 148 valence electrons. The van der Waals surface area contributed by atoms with Gasteiger partial charge in [0.15, 0.2) is 12.4 Å². The molecule has 0 fully saturated rings. The zero-order valence-electron chi connectivity index (χ0n) is 14.7. The van der Waals surface area contributed by atoms with Crippen LogP contribution in [0.1, 0.15) is 16.7 Å². The summed E-state index contributed by atoms with van der Waals surface area (Å²) >= 11 is 6.25. The highest BCUT2D eigenvalue weighted by atomic mass is 79.9. The average molecular weight is 517 g/mol. The Labute approximate surface area is 176 Å². The van der Waals surface area contributed by atoms with Crippen molar-refractivity contribution in [2.45, 2.75) is 13.8 Å². The molecule has 0 radical (unpaired) electrons. The van der Waals surface area contributed by atoms with Gasteiger partial charge in [0.2, 0.25) is 0 Å². The van der Waals surface area contributed by atoms with E-state index in [0.717, 1.165) is 0 Å². The number of rotatable bonds is 6. The van der Waals surface area contributed by atoms with Gasteiger partial charge in [-0.3, -0.25) is 14.9 Å². The average Bonchev–Trinajstić information content (AvgIpc) is 2.66. The predicted molar refractivity (Wildman–Crippen MR) is 109 cm³/mol. The number of aryl methyl sites for hydroxylation is 1. The molecule has 0 unspecified atom stereocenters. The number of carbonyl (C=O) groups is 1. The summed E-state index contributed by atoms with van der Waals surface area (Å²) in [6.07, 6.45) is 1.20. The first kappa shape index (κ1) is 21.6. The summed E-state index contributed by atoms with van der Waals surface area (Å²) in [4.78, 5) is 22.3. The number of phenols is 2. The molecule has 2 aromatic rings. The SMILES string of the molecule is Cc1ccc(OCC(=O)NN=Cc2c(C)c(Br)c(O)c(Br)c2O)c([N+](=O)[O-])c1. The molecule has 28 heavy (non-hydrogen) atoms. The van der Waals surface area contributed by atoms with Crippen molar-refractivity contribution in [3.05, 3.63) is 53.9 Å². The van der Waals surface area contributed by atoms with Crippen molar-refractivity contribution in [1.29, 1.82) is 0 Å². The third kappa shape index (κ3) is 4.78. The molecule has 0 atom stereocenters. The van der Waals surface area contributed by atoms with Crippen LogP contribution in [0.4, 0.5) is 5.69 Å². The van der Waals surface area contributed by atoms with Crippen LogP contribution >= 0.6 is 31.9 Å². The smallest absolute Gasteiger partial charge is 0.311 e. The number of ether oxygens (including phenoxy) is 1. The van der Waals surface area contributed by atoms with Crippen molar-refractivity contribution < 1.29 is 24.7 Å². The fourth-order valence-corrected chi connectivity index (χ4v) is 3.28. The second-order valence-corrected chi connectivity index (χ2v) is 7.26. The summed E-state index contributed by atoms with van der Waals surface area (Å²) in [5, 5.41) is 34.7.